The van der Waals surface area contributed by atoms with Crippen molar-refractivity contribution in [2.24, 2.45) is 11.3 Å². The van der Waals surface area contributed by atoms with E-state index in [1.54, 1.807) is 0 Å². The van der Waals surface area contributed by atoms with Crippen LogP contribution in [0.25, 0.3) is 0 Å². The number of aliphatic hydroxyl groups is 2. The summed E-state index contributed by atoms with van der Waals surface area (Å²) in [5.74, 6) is -1.92. The molecule has 0 bridgehead atoms. The van der Waals surface area contributed by atoms with Gasteiger partial charge >= 0.3 is 17.9 Å². The van der Waals surface area contributed by atoms with Crippen LogP contribution in [0.4, 0.5) is 0 Å². The van der Waals surface area contributed by atoms with Crippen LogP contribution in [0.5, 0.6) is 0 Å². The third-order valence-electron chi connectivity index (χ3n) is 3.23. The summed E-state index contributed by atoms with van der Waals surface area (Å²) in [6, 6.07) is 0. The summed E-state index contributed by atoms with van der Waals surface area (Å²) < 4.78 is 0. The Bertz CT molecular complexity index is 354. The predicted molar refractivity (Wildman–Crippen MR) is 109 cm³/mol. The first-order valence-corrected chi connectivity index (χ1v) is 9.67. The van der Waals surface area contributed by atoms with Crippen molar-refractivity contribution >= 4 is 17.9 Å². The molecule has 0 fully saturated rings. The van der Waals surface area contributed by atoms with E-state index in [4.69, 9.17) is 20.4 Å². The monoisotopic (exact) mass is 410 g/mol. The summed E-state index contributed by atoms with van der Waals surface area (Å²) >= 11 is 0. The molecule has 28 heavy (non-hydrogen) atoms. The number of aliphatic hydroxyl groups excluding tert-OH is 2. The lowest BCUT2D eigenvalue weighted by molar-refractivity contribution is -0.138. The first-order chi connectivity index (χ1) is 12.7. The summed E-state index contributed by atoms with van der Waals surface area (Å²) in [7, 11) is 0. The zero-order chi connectivity index (χ0) is 23.3. The van der Waals surface area contributed by atoms with Crippen LogP contribution >= 0.6 is 0 Å². The molecule has 170 valence electrons. The van der Waals surface area contributed by atoms with Gasteiger partial charge in [-0.1, -0.05) is 48.5 Å². The number of hydrogen-bond acceptors (Lipinski definition) is 5. The third-order valence-corrected chi connectivity index (χ3v) is 3.23. The lowest BCUT2D eigenvalue weighted by Gasteiger charge is -2.30. The molecule has 0 saturated heterocycles. The average molecular weight is 411 g/mol. The summed E-state index contributed by atoms with van der Waals surface area (Å²) in [6.07, 6.45) is 2.65. The van der Waals surface area contributed by atoms with Gasteiger partial charge in [-0.05, 0) is 25.2 Å². The molecule has 0 aromatic heterocycles. The van der Waals surface area contributed by atoms with Crippen LogP contribution in [0.15, 0.2) is 0 Å². The molecule has 5 N–H and O–H groups in total. The maximum absolute atomic E-state index is 9.60. The Kier molecular flexibility index (Phi) is 26.2. The maximum Gasteiger partial charge on any atom is 0.303 e. The second kappa shape index (κ2) is 21.6. The van der Waals surface area contributed by atoms with Crippen LogP contribution in [-0.2, 0) is 14.4 Å². The number of carbonyl (C=O) groups is 3. The van der Waals surface area contributed by atoms with Crippen molar-refractivity contribution in [2.75, 3.05) is 6.61 Å². The fourth-order valence-electron chi connectivity index (χ4n) is 1.64. The zero-order valence-corrected chi connectivity index (χ0v) is 18.6. The van der Waals surface area contributed by atoms with E-state index in [2.05, 4.69) is 0 Å². The van der Waals surface area contributed by atoms with Gasteiger partial charge in [-0.15, -0.1) is 0 Å². The highest BCUT2D eigenvalue weighted by Gasteiger charge is 2.28. The Balaban J connectivity index is -0.000000142. The number of hydrogen-bond donors (Lipinski definition) is 5. The Hall–Kier alpha value is -1.67. The number of rotatable bonds is 9. The summed E-state index contributed by atoms with van der Waals surface area (Å²) in [4.78, 5) is 28.8. The fourth-order valence-corrected chi connectivity index (χ4v) is 1.64. The Morgan fingerprint density at radius 3 is 1.04 bits per heavy atom. The molecule has 0 saturated carbocycles. The van der Waals surface area contributed by atoms with Crippen LogP contribution < -0.4 is 0 Å². The SMILES string of the molecule is CC(C)C(O)C(C)(C)CO.CCCC(=O)O.CCCC(=O)O.CCCC(=O)O. The Morgan fingerprint density at radius 1 is 0.750 bits per heavy atom. The van der Waals surface area contributed by atoms with Crippen molar-refractivity contribution in [3.8, 4) is 0 Å². The largest absolute Gasteiger partial charge is 0.481 e. The first-order valence-electron chi connectivity index (χ1n) is 9.67. The van der Waals surface area contributed by atoms with E-state index in [0.717, 1.165) is 19.3 Å². The Morgan fingerprint density at radius 2 is 1.00 bits per heavy atom. The summed E-state index contributed by atoms with van der Waals surface area (Å²) in [5.41, 5.74) is -0.367. The molecule has 0 aliphatic rings. The normalized spacial score (nSPS) is 10.9. The molecule has 0 rings (SSSR count). The first kappa shape index (κ1) is 33.9. The summed E-state index contributed by atoms with van der Waals surface area (Å²) in [5, 5.41) is 42.1. The molecular formula is C20H42O8. The second-order valence-electron chi connectivity index (χ2n) is 7.27. The molecule has 8 nitrogen and oxygen atoms in total. The molecular weight excluding hydrogens is 368 g/mol. The molecule has 0 aromatic rings. The van der Waals surface area contributed by atoms with Crippen molar-refractivity contribution in [2.45, 2.75) is 93.1 Å². The van der Waals surface area contributed by atoms with E-state index in [9.17, 15) is 19.5 Å². The van der Waals surface area contributed by atoms with Crippen LogP contribution in [0.3, 0.4) is 0 Å². The standard InChI is InChI=1S/C8H18O2.3C4H8O2/c1-6(2)7(10)8(3,4)5-9;3*1-2-3-4(5)6/h6-7,9-10H,5H2,1-4H3;3*2-3H2,1H3,(H,5,6). The van der Waals surface area contributed by atoms with Crippen LogP contribution in [0, 0.1) is 11.3 Å². The highest BCUT2D eigenvalue weighted by molar-refractivity contribution is 5.67. The predicted octanol–water partition coefficient (Wildman–Crippen LogP) is 3.64. The number of carboxylic acids is 3. The van der Waals surface area contributed by atoms with Crippen molar-refractivity contribution < 1.29 is 39.9 Å². The van der Waals surface area contributed by atoms with E-state index < -0.39 is 24.0 Å². The van der Waals surface area contributed by atoms with Gasteiger partial charge in [-0.3, -0.25) is 14.4 Å². The summed E-state index contributed by atoms with van der Waals surface area (Å²) in [6.45, 7) is 13.2. The smallest absolute Gasteiger partial charge is 0.303 e. The highest BCUT2D eigenvalue weighted by atomic mass is 16.4. The van der Waals surface area contributed by atoms with E-state index in [1.807, 2.05) is 48.5 Å². The van der Waals surface area contributed by atoms with E-state index in [-0.39, 0.29) is 17.9 Å². The number of aliphatic carboxylic acids is 3. The molecule has 0 heterocycles. The third kappa shape index (κ3) is 32.0. The van der Waals surface area contributed by atoms with Gasteiger partial charge in [0, 0.05) is 24.7 Å². The van der Waals surface area contributed by atoms with Gasteiger partial charge in [-0.2, -0.15) is 0 Å². The van der Waals surface area contributed by atoms with Gasteiger partial charge in [-0.25, -0.2) is 0 Å². The van der Waals surface area contributed by atoms with E-state index in [0.29, 0.717) is 19.3 Å². The maximum atomic E-state index is 9.60. The van der Waals surface area contributed by atoms with Gasteiger partial charge in [0.25, 0.3) is 0 Å². The van der Waals surface area contributed by atoms with E-state index >= 15 is 0 Å². The average Bonchev–Trinajstić information content (AvgIpc) is 2.55. The van der Waals surface area contributed by atoms with E-state index in [1.165, 1.54) is 0 Å². The van der Waals surface area contributed by atoms with Crippen molar-refractivity contribution in [3.05, 3.63) is 0 Å². The van der Waals surface area contributed by atoms with Gasteiger partial charge in [0.2, 0.25) is 0 Å². The molecule has 1 atom stereocenters. The van der Waals surface area contributed by atoms with Gasteiger partial charge in [0.05, 0.1) is 12.7 Å². The minimum atomic E-state index is -0.711. The van der Waals surface area contributed by atoms with Gasteiger partial charge in [0.15, 0.2) is 0 Å². The van der Waals surface area contributed by atoms with Crippen LogP contribution in [0.1, 0.15) is 87.0 Å². The molecule has 1 unspecified atom stereocenters. The Labute approximate surface area is 169 Å². The number of carboxylic acid groups (broad SMARTS) is 3. The lowest BCUT2D eigenvalue weighted by Crippen LogP contribution is -2.36. The van der Waals surface area contributed by atoms with Crippen molar-refractivity contribution in [1.29, 1.82) is 0 Å². The zero-order valence-electron chi connectivity index (χ0n) is 18.6. The minimum absolute atomic E-state index is 0.0341. The molecule has 8 heteroatoms. The van der Waals surface area contributed by atoms with Crippen LogP contribution in [-0.4, -0.2) is 56.2 Å². The topological polar surface area (TPSA) is 152 Å². The lowest BCUT2D eigenvalue weighted by atomic mass is 9.82. The molecule has 0 radical (unpaired) electrons. The quantitative estimate of drug-likeness (QED) is 0.386. The fraction of sp³-hybridized carbons (Fsp3) is 0.850. The molecule has 0 aliphatic carbocycles. The minimum Gasteiger partial charge on any atom is -0.481 e. The second-order valence-corrected chi connectivity index (χ2v) is 7.27. The molecule has 0 aromatic carbocycles. The van der Waals surface area contributed by atoms with Crippen LogP contribution in [0.2, 0.25) is 0 Å². The van der Waals surface area contributed by atoms with Gasteiger partial charge < -0.3 is 25.5 Å². The molecule has 0 aliphatic heterocycles. The molecule has 0 spiro atoms. The highest BCUT2D eigenvalue weighted by Crippen LogP contribution is 2.24. The molecule has 0 amide bonds. The van der Waals surface area contributed by atoms with Crippen molar-refractivity contribution in [3.63, 3.8) is 0 Å². The van der Waals surface area contributed by atoms with Gasteiger partial charge in [0.1, 0.15) is 0 Å². The van der Waals surface area contributed by atoms with Crippen molar-refractivity contribution in [1.82, 2.24) is 0 Å².